The third-order valence-corrected chi connectivity index (χ3v) is 1.88. The van der Waals surface area contributed by atoms with Crippen LogP contribution in [0.1, 0.15) is 11.4 Å². The molecule has 2 rings (SSSR count). The number of aryl methyl sites for hydroxylation is 2. The van der Waals surface area contributed by atoms with Crippen LogP contribution in [0, 0.1) is 13.8 Å². The van der Waals surface area contributed by atoms with Gasteiger partial charge in [-0.3, -0.25) is 4.98 Å². The van der Waals surface area contributed by atoms with Gasteiger partial charge in [0.15, 0.2) is 0 Å². The van der Waals surface area contributed by atoms with E-state index in [1.807, 2.05) is 13.8 Å². The van der Waals surface area contributed by atoms with Gasteiger partial charge >= 0.3 is 0 Å². The topological polar surface area (TPSA) is 64.5 Å². The zero-order chi connectivity index (χ0) is 9.97. The molecule has 5 nitrogen and oxygen atoms in total. The molecule has 0 aromatic carbocycles. The van der Waals surface area contributed by atoms with Crippen molar-refractivity contribution in [2.24, 2.45) is 0 Å². The van der Waals surface area contributed by atoms with Crippen LogP contribution in [0.15, 0.2) is 18.6 Å². The smallest absolute Gasteiger partial charge is 0.202 e. The van der Waals surface area contributed by atoms with E-state index in [0.717, 1.165) is 11.4 Å². The Morgan fingerprint density at radius 1 is 1.00 bits per heavy atom. The van der Waals surface area contributed by atoms with Crippen molar-refractivity contribution in [3.05, 3.63) is 30.0 Å². The molecule has 0 radical (unpaired) electrons. The van der Waals surface area contributed by atoms with E-state index in [4.69, 9.17) is 0 Å². The van der Waals surface area contributed by atoms with Crippen molar-refractivity contribution in [2.45, 2.75) is 13.8 Å². The fourth-order valence-electron chi connectivity index (χ4n) is 0.980. The van der Waals surface area contributed by atoms with Crippen LogP contribution in [-0.2, 0) is 0 Å². The molecule has 0 N–H and O–H groups in total. The summed E-state index contributed by atoms with van der Waals surface area (Å²) in [5.74, 6) is 0.515. The van der Waals surface area contributed by atoms with Crippen molar-refractivity contribution in [2.75, 3.05) is 0 Å². The molecule has 70 valence electrons. The largest absolute Gasteiger partial charge is 0.261 e. The van der Waals surface area contributed by atoms with E-state index in [1.54, 1.807) is 18.6 Å². The van der Waals surface area contributed by atoms with Crippen LogP contribution in [-0.4, -0.2) is 25.1 Å². The van der Waals surface area contributed by atoms with Gasteiger partial charge in [-0.2, -0.15) is 5.10 Å². The molecule has 2 heterocycles. The second-order valence-electron chi connectivity index (χ2n) is 2.90. The van der Waals surface area contributed by atoms with Gasteiger partial charge in [0.25, 0.3) is 0 Å². The maximum absolute atomic E-state index is 4.27. The fourth-order valence-corrected chi connectivity index (χ4v) is 0.980. The summed E-state index contributed by atoms with van der Waals surface area (Å²) in [5, 5.41) is 7.92. The first kappa shape index (κ1) is 8.68. The predicted molar refractivity (Wildman–Crippen MR) is 50.3 cm³/mol. The van der Waals surface area contributed by atoms with Gasteiger partial charge in [0.1, 0.15) is 5.69 Å². The summed E-state index contributed by atoms with van der Waals surface area (Å²) in [6, 6.07) is 0. The SMILES string of the molecule is Cc1nnc(-c2cnccn2)nc1C. The van der Waals surface area contributed by atoms with Gasteiger partial charge in [-0.1, -0.05) is 0 Å². The van der Waals surface area contributed by atoms with Crippen molar-refractivity contribution >= 4 is 0 Å². The second kappa shape index (κ2) is 3.45. The summed E-state index contributed by atoms with van der Waals surface area (Å²) in [5.41, 5.74) is 2.33. The zero-order valence-corrected chi connectivity index (χ0v) is 7.97. The monoisotopic (exact) mass is 187 g/mol. The molecule has 0 bridgehead atoms. The minimum Gasteiger partial charge on any atom is -0.261 e. The standard InChI is InChI=1S/C9H9N5/c1-6-7(2)13-14-9(12-6)8-5-10-3-4-11-8/h3-5H,1-2H3. The molecule has 0 amide bonds. The molecule has 0 aliphatic heterocycles. The molecular weight excluding hydrogens is 178 g/mol. The lowest BCUT2D eigenvalue weighted by Crippen LogP contribution is -2.00. The Morgan fingerprint density at radius 3 is 2.50 bits per heavy atom. The highest BCUT2D eigenvalue weighted by molar-refractivity contribution is 5.45. The molecule has 0 aliphatic rings. The summed E-state index contributed by atoms with van der Waals surface area (Å²) in [4.78, 5) is 12.3. The maximum atomic E-state index is 4.27. The average Bonchev–Trinajstić information content (AvgIpc) is 2.23. The summed E-state index contributed by atoms with van der Waals surface area (Å²) >= 11 is 0. The summed E-state index contributed by atoms with van der Waals surface area (Å²) in [6.07, 6.45) is 4.83. The van der Waals surface area contributed by atoms with Crippen LogP contribution in [0.3, 0.4) is 0 Å². The Labute approximate surface area is 81.3 Å². The third kappa shape index (κ3) is 1.56. The highest BCUT2D eigenvalue weighted by Crippen LogP contribution is 2.09. The zero-order valence-electron chi connectivity index (χ0n) is 7.97. The van der Waals surface area contributed by atoms with Crippen molar-refractivity contribution < 1.29 is 0 Å². The molecule has 0 spiro atoms. The van der Waals surface area contributed by atoms with Crippen molar-refractivity contribution in [1.82, 2.24) is 25.1 Å². The van der Waals surface area contributed by atoms with Gasteiger partial charge in [-0.05, 0) is 13.8 Å². The van der Waals surface area contributed by atoms with Crippen LogP contribution in [0.2, 0.25) is 0 Å². The Morgan fingerprint density at radius 2 is 1.86 bits per heavy atom. The van der Waals surface area contributed by atoms with Crippen LogP contribution in [0.25, 0.3) is 11.5 Å². The van der Waals surface area contributed by atoms with Crippen LogP contribution in [0.5, 0.6) is 0 Å². The van der Waals surface area contributed by atoms with Gasteiger partial charge in [-0.15, -0.1) is 5.10 Å². The fraction of sp³-hybridized carbons (Fsp3) is 0.222. The van der Waals surface area contributed by atoms with E-state index < -0.39 is 0 Å². The lowest BCUT2D eigenvalue weighted by atomic mass is 10.3. The number of hydrogen-bond acceptors (Lipinski definition) is 5. The molecule has 14 heavy (non-hydrogen) atoms. The van der Waals surface area contributed by atoms with E-state index in [-0.39, 0.29) is 0 Å². The average molecular weight is 187 g/mol. The third-order valence-electron chi connectivity index (χ3n) is 1.88. The molecule has 2 aromatic heterocycles. The molecule has 2 aromatic rings. The van der Waals surface area contributed by atoms with E-state index in [2.05, 4.69) is 25.1 Å². The molecule has 5 heteroatoms. The van der Waals surface area contributed by atoms with Crippen LogP contribution in [0.4, 0.5) is 0 Å². The van der Waals surface area contributed by atoms with Crippen LogP contribution >= 0.6 is 0 Å². The van der Waals surface area contributed by atoms with E-state index in [1.165, 1.54) is 0 Å². The number of hydrogen-bond donors (Lipinski definition) is 0. The molecule has 0 fully saturated rings. The minimum absolute atomic E-state index is 0.515. The van der Waals surface area contributed by atoms with Crippen molar-refractivity contribution in [3.63, 3.8) is 0 Å². The number of nitrogens with zero attached hydrogens (tertiary/aromatic N) is 5. The van der Waals surface area contributed by atoms with Gasteiger partial charge in [-0.25, -0.2) is 9.97 Å². The molecule has 0 atom stereocenters. The summed E-state index contributed by atoms with van der Waals surface area (Å²) < 4.78 is 0. The van der Waals surface area contributed by atoms with Gasteiger partial charge in [0, 0.05) is 12.4 Å². The first-order valence-corrected chi connectivity index (χ1v) is 4.21. The Kier molecular flexibility index (Phi) is 2.14. The Hall–Kier alpha value is -1.91. The van der Waals surface area contributed by atoms with E-state index >= 15 is 0 Å². The number of aromatic nitrogens is 5. The summed E-state index contributed by atoms with van der Waals surface area (Å²) in [6.45, 7) is 3.76. The molecular formula is C9H9N5. The van der Waals surface area contributed by atoms with Crippen molar-refractivity contribution in [3.8, 4) is 11.5 Å². The van der Waals surface area contributed by atoms with Gasteiger partial charge < -0.3 is 0 Å². The number of rotatable bonds is 1. The Balaban J connectivity index is 2.48. The lowest BCUT2D eigenvalue weighted by Gasteiger charge is -1.99. The summed E-state index contributed by atoms with van der Waals surface area (Å²) in [7, 11) is 0. The minimum atomic E-state index is 0.515. The van der Waals surface area contributed by atoms with Crippen LogP contribution < -0.4 is 0 Å². The second-order valence-corrected chi connectivity index (χ2v) is 2.90. The normalized spacial score (nSPS) is 10.1. The molecule has 0 saturated heterocycles. The quantitative estimate of drug-likeness (QED) is 0.664. The molecule has 0 unspecified atom stereocenters. The Bertz CT molecular complexity index is 440. The first-order chi connectivity index (χ1) is 6.77. The first-order valence-electron chi connectivity index (χ1n) is 4.21. The van der Waals surface area contributed by atoms with Gasteiger partial charge in [0.2, 0.25) is 5.82 Å². The van der Waals surface area contributed by atoms with E-state index in [0.29, 0.717) is 11.5 Å². The lowest BCUT2D eigenvalue weighted by molar-refractivity contribution is 0.897. The van der Waals surface area contributed by atoms with E-state index in [9.17, 15) is 0 Å². The predicted octanol–water partition coefficient (Wildman–Crippen LogP) is 0.945. The highest BCUT2D eigenvalue weighted by Gasteiger charge is 2.04. The highest BCUT2D eigenvalue weighted by atomic mass is 15.2. The van der Waals surface area contributed by atoms with Gasteiger partial charge in [0.05, 0.1) is 17.6 Å². The maximum Gasteiger partial charge on any atom is 0.202 e. The molecule has 0 aliphatic carbocycles. The van der Waals surface area contributed by atoms with Crippen molar-refractivity contribution in [1.29, 1.82) is 0 Å². The molecule has 0 saturated carbocycles.